The topological polar surface area (TPSA) is 85.4 Å². The van der Waals surface area contributed by atoms with Crippen LogP contribution in [-0.2, 0) is 14.3 Å². The molecule has 0 radical (unpaired) electrons. The summed E-state index contributed by atoms with van der Waals surface area (Å²) in [5.74, 6) is 0.296. The lowest BCUT2D eigenvalue weighted by molar-refractivity contribution is -0.158. The molecule has 9 nitrogen and oxygen atoms in total. The van der Waals surface area contributed by atoms with E-state index in [1.807, 2.05) is 78.4 Å². The zero-order valence-corrected chi connectivity index (χ0v) is 27.6. The Bertz CT molecular complexity index is 1210. The van der Waals surface area contributed by atoms with Crippen molar-refractivity contribution in [1.82, 2.24) is 19.8 Å². The number of nitrogens with zero attached hydrogens (tertiary/aromatic N) is 4. The molecule has 0 saturated carbocycles. The SMILES string of the molecule is CCCCCN(C(=O)CCN1CCC(OC(=O)Nc2ccccc2-c2ccccc2)CC1)N1CCC[C@@H](C(=O)N(CC)CC)C1. The van der Waals surface area contributed by atoms with Crippen LogP contribution in [-0.4, -0.2) is 96.2 Å². The first-order valence-corrected chi connectivity index (χ1v) is 17.1. The first-order chi connectivity index (χ1) is 21.9. The third-order valence-electron chi connectivity index (χ3n) is 9.13. The maximum Gasteiger partial charge on any atom is 0.411 e. The van der Waals surface area contributed by atoms with Gasteiger partial charge < -0.3 is 14.5 Å². The lowest BCUT2D eigenvalue weighted by Gasteiger charge is -2.41. The van der Waals surface area contributed by atoms with E-state index in [1.165, 1.54) is 0 Å². The van der Waals surface area contributed by atoms with Crippen LogP contribution in [0.1, 0.15) is 72.1 Å². The second-order valence-electron chi connectivity index (χ2n) is 12.2. The normalized spacial score (nSPS) is 17.9. The van der Waals surface area contributed by atoms with E-state index in [4.69, 9.17) is 4.74 Å². The molecule has 246 valence electrons. The Morgan fingerprint density at radius 1 is 0.889 bits per heavy atom. The van der Waals surface area contributed by atoms with E-state index in [1.54, 1.807) is 0 Å². The van der Waals surface area contributed by atoms with Crippen molar-refractivity contribution in [2.75, 3.05) is 57.7 Å². The minimum absolute atomic E-state index is 0.0526. The number of rotatable bonds is 14. The molecule has 0 unspecified atom stereocenters. The molecule has 2 aromatic carbocycles. The van der Waals surface area contributed by atoms with Crippen molar-refractivity contribution in [3.8, 4) is 11.1 Å². The van der Waals surface area contributed by atoms with Crippen molar-refractivity contribution in [3.63, 3.8) is 0 Å². The van der Waals surface area contributed by atoms with Crippen molar-refractivity contribution in [3.05, 3.63) is 54.6 Å². The molecule has 0 aromatic heterocycles. The average molecular weight is 620 g/mol. The van der Waals surface area contributed by atoms with Gasteiger partial charge in [0.05, 0.1) is 11.6 Å². The van der Waals surface area contributed by atoms with Gasteiger partial charge in [-0.1, -0.05) is 68.3 Å². The van der Waals surface area contributed by atoms with Gasteiger partial charge in [-0.2, -0.15) is 0 Å². The van der Waals surface area contributed by atoms with Gasteiger partial charge in [-0.05, 0) is 57.6 Å². The molecule has 2 aliphatic rings. The van der Waals surface area contributed by atoms with Gasteiger partial charge in [0.1, 0.15) is 6.10 Å². The largest absolute Gasteiger partial charge is 0.446 e. The van der Waals surface area contributed by atoms with Gasteiger partial charge >= 0.3 is 6.09 Å². The second-order valence-corrected chi connectivity index (χ2v) is 12.2. The highest BCUT2D eigenvalue weighted by Gasteiger charge is 2.33. The lowest BCUT2D eigenvalue weighted by atomic mass is 9.97. The Kier molecular flexibility index (Phi) is 13.7. The monoisotopic (exact) mass is 619 g/mol. The molecule has 0 bridgehead atoms. The van der Waals surface area contributed by atoms with Crippen LogP contribution < -0.4 is 5.32 Å². The summed E-state index contributed by atoms with van der Waals surface area (Å²) in [6.45, 7) is 12.1. The molecule has 2 fully saturated rings. The Morgan fingerprint density at radius 2 is 1.60 bits per heavy atom. The van der Waals surface area contributed by atoms with E-state index in [9.17, 15) is 14.4 Å². The molecule has 0 spiro atoms. The van der Waals surface area contributed by atoms with Crippen molar-refractivity contribution in [2.24, 2.45) is 5.92 Å². The van der Waals surface area contributed by atoms with Crippen molar-refractivity contribution >= 4 is 23.6 Å². The number of unbranched alkanes of at least 4 members (excludes halogenated alkanes) is 2. The van der Waals surface area contributed by atoms with Gasteiger partial charge in [-0.15, -0.1) is 0 Å². The molecule has 2 heterocycles. The lowest BCUT2D eigenvalue weighted by Crippen LogP contribution is -2.54. The Balaban J connectivity index is 1.25. The number of hydrazine groups is 1. The fourth-order valence-corrected chi connectivity index (χ4v) is 6.49. The number of para-hydroxylation sites is 1. The van der Waals surface area contributed by atoms with Gasteiger partial charge in [0.25, 0.3) is 0 Å². The van der Waals surface area contributed by atoms with Gasteiger partial charge in [-0.25, -0.2) is 9.80 Å². The van der Waals surface area contributed by atoms with E-state index in [-0.39, 0.29) is 23.8 Å². The van der Waals surface area contributed by atoms with Crippen LogP contribution in [0.3, 0.4) is 0 Å². The summed E-state index contributed by atoms with van der Waals surface area (Å²) in [5.41, 5.74) is 2.72. The summed E-state index contributed by atoms with van der Waals surface area (Å²) in [7, 11) is 0. The number of likely N-dealkylation sites (tertiary alicyclic amines) is 1. The van der Waals surface area contributed by atoms with E-state index in [2.05, 4.69) is 22.1 Å². The number of nitrogens with one attached hydrogen (secondary N) is 1. The fourth-order valence-electron chi connectivity index (χ4n) is 6.49. The molecule has 1 N–H and O–H groups in total. The zero-order valence-electron chi connectivity index (χ0n) is 27.6. The highest BCUT2D eigenvalue weighted by Crippen LogP contribution is 2.28. The van der Waals surface area contributed by atoms with Crippen LogP contribution in [0.4, 0.5) is 10.5 Å². The van der Waals surface area contributed by atoms with Gasteiger partial charge in [0.2, 0.25) is 11.8 Å². The van der Waals surface area contributed by atoms with Crippen LogP contribution in [0.15, 0.2) is 54.6 Å². The minimum atomic E-state index is -0.436. The number of anilines is 1. The number of carbonyl (C=O) groups is 3. The zero-order chi connectivity index (χ0) is 32.0. The number of hydrogen-bond acceptors (Lipinski definition) is 6. The summed E-state index contributed by atoms with van der Waals surface area (Å²) in [6.07, 6.45) is 6.29. The van der Waals surface area contributed by atoms with Crippen LogP contribution in [0.25, 0.3) is 11.1 Å². The molecule has 1 atom stereocenters. The standard InChI is InChI=1S/C36H53N5O4/c1-4-7-13-24-41(40-23-14-17-30(28-40)35(43)39(5-2)6-3)34(42)22-27-38-25-20-31(21-26-38)45-36(44)37-33-19-12-11-18-32(33)29-15-9-8-10-16-29/h8-12,15-16,18-19,30-31H,4-7,13-14,17,20-28H2,1-3H3,(H,37,44)/t30-/m1/s1. The maximum atomic E-state index is 13.6. The van der Waals surface area contributed by atoms with Gasteiger partial charge in [-0.3, -0.25) is 19.9 Å². The van der Waals surface area contributed by atoms with Crippen molar-refractivity contribution < 1.29 is 19.1 Å². The first-order valence-electron chi connectivity index (χ1n) is 17.1. The Morgan fingerprint density at radius 3 is 2.31 bits per heavy atom. The Hall–Kier alpha value is -3.43. The molecular weight excluding hydrogens is 566 g/mol. The van der Waals surface area contributed by atoms with Crippen LogP contribution in [0.5, 0.6) is 0 Å². The number of hydrogen-bond donors (Lipinski definition) is 1. The number of benzene rings is 2. The number of piperidine rings is 2. The molecule has 45 heavy (non-hydrogen) atoms. The molecule has 2 aliphatic heterocycles. The van der Waals surface area contributed by atoms with Crippen molar-refractivity contribution in [1.29, 1.82) is 0 Å². The molecule has 4 rings (SSSR count). The van der Waals surface area contributed by atoms with Crippen LogP contribution >= 0.6 is 0 Å². The molecule has 3 amide bonds. The highest BCUT2D eigenvalue weighted by molar-refractivity contribution is 5.91. The third kappa shape index (κ3) is 10.0. The van der Waals surface area contributed by atoms with E-state index in [0.29, 0.717) is 26.1 Å². The summed E-state index contributed by atoms with van der Waals surface area (Å²) in [6, 6.07) is 17.7. The summed E-state index contributed by atoms with van der Waals surface area (Å²) in [5, 5.41) is 7.05. The summed E-state index contributed by atoms with van der Waals surface area (Å²) in [4.78, 5) is 43.7. The average Bonchev–Trinajstić information content (AvgIpc) is 3.07. The minimum Gasteiger partial charge on any atom is -0.446 e. The number of ether oxygens (including phenoxy) is 1. The maximum absolute atomic E-state index is 13.6. The molecule has 0 aliphatic carbocycles. The van der Waals surface area contributed by atoms with Gasteiger partial charge in [0, 0.05) is 64.3 Å². The quantitative estimate of drug-likeness (QED) is 0.251. The summed E-state index contributed by atoms with van der Waals surface area (Å²) < 4.78 is 5.81. The first kappa shape index (κ1) is 34.4. The summed E-state index contributed by atoms with van der Waals surface area (Å²) >= 11 is 0. The third-order valence-corrected chi connectivity index (χ3v) is 9.13. The molecule has 9 heteroatoms. The van der Waals surface area contributed by atoms with E-state index < -0.39 is 6.09 Å². The molecular formula is C36H53N5O4. The second kappa shape index (κ2) is 17.9. The van der Waals surface area contributed by atoms with E-state index >= 15 is 0 Å². The Labute approximate surface area is 269 Å². The predicted octanol–water partition coefficient (Wildman–Crippen LogP) is 6.27. The fraction of sp³-hybridized carbons (Fsp3) is 0.583. The smallest absolute Gasteiger partial charge is 0.411 e. The van der Waals surface area contributed by atoms with Gasteiger partial charge in [0.15, 0.2) is 0 Å². The molecule has 2 saturated heterocycles. The van der Waals surface area contributed by atoms with Crippen LogP contribution in [0, 0.1) is 5.92 Å². The predicted molar refractivity (Wildman–Crippen MR) is 180 cm³/mol. The number of amides is 3. The highest BCUT2D eigenvalue weighted by atomic mass is 16.6. The van der Waals surface area contributed by atoms with Crippen LogP contribution in [0.2, 0.25) is 0 Å². The molecule has 2 aromatic rings. The van der Waals surface area contributed by atoms with E-state index in [0.717, 1.165) is 94.5 Å². The van der Waals surface area contributed by atoms with Crippen molar-refractivity contribution in [2.45, 2.75) is 78.2 Å². The number of carbonyl (C=O) groups excluding carboxylic acids is 3.